The van der Waals surface area contributed by atoms with E-state index in [4.69, 9.17) is 9.47 Å². The number of hydrogen-bond acceptors (Lipinski definition) is 4. The van der Waals surface area contributed by atoms with Crippen molar-refractivity contribution in [2.45, 2.75) is 13.3 Å². The number of carbonyl (C=O) groups excluding carboxylic acids is 2. The molecule has 0 radical (unpaired) electrons. The van der Waals surface area contributed by atoms with Gasteiger partial charge in [0, 0.05) is 5.69 Å². The first-order valence-corrected chi connectivity index (χ1v) is 7.97. The molecular formula is C19H22N2O4. The third-order valence-corrected chi connectivity index (χ3v) is 3.49. The van der Waals surface area contributed by atoms with Gasteiger partial charge in [0.15, 0.2) is 0 Å². The molecule has 0 aliphatic rings. The minimum atomic E-state index is -0.345. The monoisotopic (exact) mass is 342 g/mol. The van der Waals surface area contributed by atoms with Gasteiger partial charge in [-0.05, 0) is 42.8 Å². The first-order chi connectivity index (χ1) is 12.1. The van der Waals surface area contributed by atoms with Gasteiger partial charge < -0.3 is 20.1 Å². The molecule has 0 fully saturated rings. The molecule has 2 rings (SSSR count). The van der Waals surface area contributed by atoms with Crippen molar-refractivity contribution in [2.75, 3.05) is 25.6 Å². The van der Waals surface area contributed by atoms with Crippen molar-refractivity contribution in [1.29, 1.82) is 0 Å². The van der Waals surface area contributed by atoms with Crippen molar-refractivity contribution >= 4 is 17.5 Å². The molecule has 25 heavy (non-hydrogen) atoms. The highest BCUT2D eigenvalue weighted by atomic mass is 16.5. The van der Waals surface area contributed by atoms with Crippen molar-refractivity contribution in [2.24, 2.45) is 0 Å². The lowest BCUT2D eigenvalue weighted by molar-refractivity contribution is -0.126. The number of hydrogen-bond donors (Lipinski definition) is 2. The summed E-state index contributed by atoms with van der Waals surface area (Å²) < 4.78 is 10.6. The van der Waals surface area contributed by atoms with E-state index < -0.39 is 0 Å². The number of methoxy groups -OCH3 is 1. The highest BCUT2D eigenvalue weighted by Crippen LogP contribution is 2.16. The zero-order chi connectivity index (χ0) is 18.1. The number of amides is 2. The number of aryl methyl sites for hydroxylation is 1. The van der Waals surface area contributed by atoms with E-state index in [1.54, 1.807) is 37.4 Å². The normalized spacial score (nSPS) is 10.0. The Balaban J connectivity index is 1.66. The molecule has 2 N–H and O–H groups in total. The zero-order valence-electron chi connectivity index (χ0n) is 14.4. The van der Waals surface area contributed by atoms with Crippen LogP contribution in [0.15, 0.2) is 48.5 Å². The quantitative estimate of drug-likeness (QED) is 0.571. The first kappa shape index (κ1) is 18.3. The van der Waals surface area contributed by atoms with Crippen LogP contribution in [0, 0.1) is 6.92 Å². The van der Waals surface area contributed by atoms with E-state index in [0.29, 0.717) is 24.6 Å². The number of anilines is 1. The van der Waals surface area contributed by atoms with Crippen LogP contribution < -0.4 is 20.1 Å². The third-order valence-electron chi connectivity index (χ3n) is 3.49. The Kier molecular flexibility index (Phi) is 6.83. The first-order valence-electron chi connectivity index (χ1n) is 7.97. The fourth-order valence-electron chi connectivity index (χ4n) is 2.15. The van der Waals surface area contributed by atoms with E-state index in [1.807, 2.05) is 25.1 Å². The summed E-state index contributed by atoms with van der Waals surface area (Å²) >= 11 is 0. The highest BCUT2D eigenvalue weighted by molar-refractivity contribution is 6.03. The van der Waals surface area contributed by atoms with Gasteiger partial charge >= 0.3 is 0 Å². The Morgan fingerprint density at radius 1 is 0.960 bits per heavy atom. The Hall–Kier alpha value is -3.02. The average Bonchev–Trinajstić information content (AvgIpc) is 2.61. The maximum atomic E-state index is 11.9. The molecule has 2 aromatic rings. The molecule has 0 saturated carbocycles. The summed E-state index contributed by atoms with van der Waals surface area (Å²) in [6, 6.07) is 14.6. The summed E-state index contributed by atoms with van der Waals surface area (Å²) in [5, 5.41) is 5.38. The molecule has 0 heterocycles. The summed E-state index contributed by atoms with van der Waals surface area (Å²) in [4.78, 5) is 23.7. The van der Waals surface area contributed by atoms with Gasteiger partial charge in [0.25, 0.3) is 0 Å². The smallest absolute Gasteiger partial charge is 0.233 e. The van der Waals surface area contributed by atoms with E-state index in [-0.39, 0.29) is 18.2 Å². The number of carbonyl (C=O) groups is 2. The van der Waals surface area contributed by atoms with Gasteiger partial charge in [-0.1, -0.05) is 18.2 Å². The van der Waals surface area contributed by atoms with E-state index in [2.05, 4.69) is 10.6 Å². The number of rotatable bonds is 8. The molecule has 0 aliphatic heterocycles. The molecule has 0 atom stereocenters. The average molecular weight is 342 g/mol. The predicted octanol–water partition coefficient (Wildman–Crippen LogP) is 2.53. The topological polar surface area (TPSA) is 76.7 Å². The fraction of sp³-hybridized carbons (Fsp3) is 0.263. The van der Waals surface area contributed by atoms with Crippen molar-refractivity contribution in [1.82, 2.24) is 5.32 Å². The van der Waals surface area contributed by atoms with Crippen LogP contribution in [0.2, 0.25) is 0 Å². The minimum Gasteiger partial charge on any atom is -0.497 e. The summed E-state index contributed by atoms with van der Waals surface area (Å²) in [6.07, 6.45) is -0.225. The Labute approximate surface area is 147 Å². The SMILES string of the molecule is COc1ccc(OCCNC(=O)CC(=O)Nc2ccccc2C)cc1. The molecule has 6 heteroatoms. The van der Waals surface area contributed by atoms with Gasteiger partial charge in [0.1, 0.15) is 24.5 Å². The van der Waals surface area contributed by atoms with Crippen LogP contribution in [0.5, 0.6) is 11.5 Å². The van der Waals surface area contributed by atoms with Crippen LogP contribution in [0.3, 0.4) is 0 Å². The molecule has 0 unspecified atom stereocenters. The number of benzene rings is 2. The highest BCUT2D eigenvalue weighted by Gasteiger charge is 2.10. The maximum Gasteiger partial charge on any atom is 0.233 e. The zero-order valence-corrected chi connectivity index (χ0v) is 14.4. The molecular weight excluding hydrogens is 320 g/mol. The van der Waals surface area contributed by atoms with Crippen LogP contribution in [0.1, 0.15) is 12.0 Å². The lowest BCUT2D eigenvalue weighted by Crippen LogP contribution is -2.31. The number of para-hydroxylation sites is 1. The van der Waals surface area contributed by atoms with Crippen LogP contribution in [0.25, 0.3) is 0 Å². The molecule has 0 bridgehead atoms. The Bertz CT molecular complexity index is 714. The maximum absolute atomic E-state index is 11.9. The standard InChI is InChI=1S/C19H22N2O4/c1-14-5-3-4-6-17(14)21-19(23)13-18(22)20-11-12-25-16-9-7-15(24-2)8-10-16/h3-10H,11-13H2,1-2H3,(H,20,22)(H,21,23). The molecule has 0 spiro atoms. The Morgan fingerprint density at radius 2 is 1.64 bits per heavy atom. The van der Waals surface area contributed by atoms with Crippen molar-refractivity contribution in [3.05, 3.63) is 54.1 Å². The molecule has 2 aromatic carbocycles. The van der Waals surface area contributed by atoms with Crippen LogP contribution in [0.4, 0.5) is 5.69 Å². The van der Waals surface area contributed by atoms with E-state index >= 15 is 0 Å². The van der Waals surface area contributed by atoms with Crippen LogP contribution in [-0.2, 0) is 9.59 Å². The molecule has 0 aliphatic carbocycles. The number of ether oxygens (including phenoxy) is 2. The molecule has 2 amide bonds. The van der Waals surface area contributed by atoms with Crippen molar-refractivity contribution < 1.29 is 19.1 Å². The second kappa shape index (κ2) is 9.32. The summed E-state index contributed by atoms with van der Waals surface area (Å²) in [5.41, 5.74) is 1.66. The van der Waals surface area contributed by atoms with Crippen molar-refractivity contribution in [3.63, 3.8) is 0 Å². The van der Waals surface area contributed by atoms with E-state index in [0.717, 1.165) is 11.3 Å². The fourth-order valence-corrected chi connectivity index (χ4v) is 2.15. The van der Waals surface area contributed by atoms with Gasteiger partial charge in [0.05, 0.1) is 13.7 Å². The minimum absolute atomic E-state index is 0.225. The predicted molar refractivity (Wildman–Crippen MR) is 95.9 cm³/mol. The van der Waals surface area contributed by atoms with E-state index in [9.17, 15) is 9.59 Å². The second-order valence-corrected chi connectivity index (χ2v) is 5.41. The van der Waals surface area contributed by atoms with Crippen LogP contribution >= 0.6 is 0 Å². The van der Waals surface area contributed by atoms with E-state index in [1.165, 1.54) is 0 Å². The molecule has 132 valence electrons. The number of nitrogens with one attached hydrogen (secondary N) is 2. The summed E-state index contributed by atoms with van der Waals surface area (Å²) in [6.45, 7) is 2.53. The Morgan fingerprint density at radius 3 is 2.32 bits per heavy atom. The third kappa shape index (κ3) is 6.18. The lowest BCUT2D eigenvalue weighted by Gasteiger charge is -2.09. The summed E-state index contributed by atoms with van der Waals surface area (Å²) in [5.74, 6) is 0.750. The summed E-state index contributed by atoms with van der Waals surface area (Å²) in [7, 11) is 1.60. The largest absolute Gasteiger partial charge is 0.497 e. The van der Waals surface area contributed by atoms with Gasteiger partial charge in [-0.25, -0.2) is 0 Å². The van der Waals surface area contributed by atoms with Gasteiger partial charge in [-0.2, -0.15) is 0 Å². The van der Waals surface area contributed by atoms with Crippen LogP contribution in [-0.4, -0.2) is 32.1 Å². The molecule has 6 nitrogen and oxygen atoms in total. The molecule has 0 aromatic heterocycles. The van der Waals surface area contributed by atoms with Gasteiger partial charge in [0.2, 0.25) is 11.8 Å². The lowest BCUT2D eigenvalue weighted by atomic mass is 10.2. The second-order valence-electron chi connectivity index (χ2n) is 5.41. The molecule has 0 saturated heterocycles. The van der Waals surface area contributed by atoms with Gasteiger partial charge in [-0.15, -0.1) is 0 Å². The van der Waals surface area contributed by atoms with Crippen molar-refractivity contribution in [3.8, 4) is 11.5 Å². The van der Waals surface area contributed by atoms with Gasteiger partial charge in [-0.3, -0.25) is 9.59 Å².